The van der Waals surface area contributed by atoms with E-state index in [1.807, 2.05) is 0 Å². The lowest BCUT2D eigenvalue weighted by atomic mass is 9.89. The average molecular weight is 279 g/mol. The Hall–Kier alpha value is -0.600. The van der Waals surface area contributed by atoms with Crippen LogP contribution in [-0.2, 0) is 0 Å². The molecular formula is C18H33NO. The zero-order valence-electron chi connectivity index (χ0n) is 14.0. The minimum absolute atomic E-state index is 0.0109. The Kier molecular flexibility index (Phi) is 6.47. The standard InChI is InChI=1S/C18H33NO/c1-7-18(6,12-8-10-14(2)3)19-13-9-11-16(19)17(20)15(4)5/h7,10,15-17,20H,1,8-9,11-13H2,2-6H3/t16-,17?,18-/m0/s1. The molecule has 0 amide bonds. The Morgan fingerprint density at radius 2 is 2.10 bits per heavy atom. The summed E-state index contributed by atoms with van der Waals surface area (Å²) in [5, 5.41) is 10.5. The number of hydrogen-bond donors (Lipinski definition) is 1. The summed E-state index contributed by atoms with van der Waals surface area (Å²) in [5.41, 5.74) is 1.36. The maximum atomic E-state index is 10.5. The van der Waals surface area contributed by atoms with E-state index < -0.39 is 0 Å². The molecule has 1 N–H and O–H groups in total. The van der Waals surface area contributed by atoms with Crippen molar-refractivity contribution in [3.63, 3.8) is 0 Å². The van der Waals surface area contributed by atoms with Gasteiger partial charge in [0.15, 0.2) is 0 Å². The van der Waals surface area contributed by atoms with Crippen LogP contribution in [0, 0.1) is 5.92 Å². The van der Waals surface area contributed by atoms with E-state index >= 15 is 0 Å². The first-order valence-corrected chi connectivity index (χ1v) is 8.03. The second-order valence-corrected chi connectivity index (χ2v) is 7.02. The van der Waals surface area contributed by atoms with Crippen LogP contribution in [0.3, 0.4) is 0 Å². The highest BCUT2D eigenvalue weighted by molar-refractivity contribution is 5.07. The van der Waals surface area contributed by atoms with E-state index in [1.165, 1.54) is 12.0 Å². The third-order valence-electron chi connectivity index (χ3n) is 4.68. The monoisotopic (exact) mass is 279 g/mol. The van der Waals surface area contributed by atoms with Gasteiger partial charge < -0.3 is 5.11 Å². The van der Waals surface area contributed by atoms with Crippen molar-refractivity contribution in [1.29, 1.82) is 0 Å². The minimum Gasteiger partial charge on any atom is -0.391 e. The Morgan fingerprint density at radius 1 is 1.45 bits per heavy atom. The van der Waals surface area contributed by atoms with E-state index in [0.717, 1.165) is 25.8 Å². The van der Waals surface area contributed by atoms with Gasteiger partial charge in [-0.15, -0.1) is 6.58 Å². The van der Waals surface area contributed by atoms with Crippen LogP contribution in [0.2, 0.25) is 0 Å². The number of aliphatic hydroxyl groups excluding tert-OH is 1. The maximum Gasteiger partial charge on any atom is 0.0718 e. The first-order valence-electron chi connectivity index (χ1n) is 8.03. The predicted molar refractivity (Wildman–Crippen MR) is 87.8 cm³/mol. The van der Waals surface area contributed by atoms with Crippen molar-refractivity contribution in [3.05, 3.63) is 24.3 Å². The number of allylic oxidation sites excluding steroid dienone is 2. The summed E-state index contributed by atoms with van der Waals surface area (Å²) in [5.74, 6) is 0.312. The fourth-order valence-electron chi connectivity index (χ4n) is 3.24. The summed E-state index contributed by atoms with van der Waals surface area (Å²) in [6.07, 6.45) is 8.57. The molecule has 2 nitrogen and oxygen atoms in total. The Balaban J connectivity index is 2.80. The van der Waals surface area contributed by atoms with Crippen molar-refractivity contribution in [2.75, 3.05) is 6.54 Å². The smallest absolute Gasteiger partial charge is 0.0718 e. The molecule has 0 bridgehead atoms. The van der Waals surface area contributed by atoms with Crippen LogP contribution in [0.5, 0.6) is 0 Å². The first kappa shape index (κ1) is 17.5. The fraction of sp³-hybridized carbons (Fsp3) is 0.778. The summed E-state index contributed by atoms with van der Waals surface area (Å²) >= 11 is 0. The van der Waals surface area contributed by atoms with Gasteiger partial charge in [-0.1, -0.05) is 31.6 Å². The minimum atomic E-state index is -0.236. The molecule has 0 aromatic heterocycles. The molecule has 0 spiro atoms. The van der Waals surface area contributed by atoms with Gasteiger partial charge in [0.2, 0.25) is 0 Å². The van der Waals surface area contributed by atoms with Gasteiger partial charge in [0.25, 0.3) is 0 Å². The zero-order valence-corrected chi connectivity index (χ0v) is 14.0. The summed E-state index contributed by atoms with van der Waals surface area (Å²) in [4.78, 5) is 2.49. The van der Waals surface area contributed by atoms with Gasteiger partial charge in [0.1, 0.15) is 0 Å². The molecule has 1 aliphatic rings. The summed E-state index contributed by atoms with van der Waals surface area (Å²) in [6, 6.07) is 0.282. The number of nitrogens with zero attached hydrogens (tertiary/aromatic N) is 1. The van der Waals surface area contributed by atoms with E-state index in [2.05, 4.69) is 58.2 Å². The highest BCUT2D eigenvalue weighted by Gasteiger charge is 2.40. The van der Waals surface area contributed by atoms with Crippen LogP contribution in [0.4, 0.5) is 0 Å². The van der Waals surface area contributed by atoms with Gasteiger partial charge in [-0.05, 0) is 58.9 Å². The van der Waals surface area contributed by atoms with Crippen molar-refractivity contribution in [3.8, 4) is 0 Å². The zero-order chi connectivity index (χ0) is 15.3. The normalized spacial score (nSPS) is 24.4. The molecule has 1 saturated heterocycles. The molecule has 1 unspecified atom stereocenters. The van der Waals surface area contributed by atoms with Gasteiger partial charge in [0, 0.05) is 11.6 Å². The van der Waals surface area contributed by atoms with Gasteiger partial charge in [-0.2, -0.15) is 0 Å². The molecule has 0 aromatic carbocycles. The topological polar surface area (TPSA) is 23.5 Å². The molecule has 0 aromatic rings. The van der Waals surface area contributed by atoms with Crippen LogP contribution in [-0.4, -0.2) is 34.2 Å². The quantitative estimate of drug-likeness (QED) is 0.707. The Labute approximate surface area is 125 Å². The molecule has 0 aliphatic carbocycles. The van der Waals surface area contributed by atoms with Crippen molar-refractivity contribution in [1.82, 2.24) is 4.90 Å². The molecule has 1 aliphatic heterocycles. The first-order chi connectivity index (χ1) is 9.31. The molecule has 116 valence electrons. The number of rotatable bonds is 7. The lowest BCUT2D eigenvalue weighted by Gasteiger charge is -2.43. The van der Waals surface area contributed by atoms with Crippen molar-refractivity contribution < 1.29 is 5.11 Å². The molecule has 1 heterocycles. The molecule has 1 rings (SSSR count). The van der Waals surface area contributed by atoms with Crippen LogP contribution < -0.4 is 0 Å². The van der Waals surface area contributed by atoms with Gasteiger partial charge in [-0.3, -0.25) is 4.90 Å². The van der Waals surface area contributed by atoms with Gasteiger partial charge in [-0.25, -0.2) is 0 Å². The Morgan fingerprint density at radius 3 is 2.60 bits per heavy atom. The highest BCUT2D eigenvalue weighted by Crippen LogP contribution is 2.34. The van der Waals surface area contributed by atoms with Crippen LogP contribution in [0.15, 0.2) is 24.3 Å². The SMILES string of the molecule is C=C[C@@](C)(CCC=C(C)C)N1CCC[C@H]1C(O)C(C)C. The van der Waals surface area contributed by atoms with E-state index in [1.54, 1.807) is 0 Å². The fourth-order valence-corrected chi connectivity index (χ4v) is 3.24. The molecule has 3 atom stereocenters. The molecule has 1 fully saturated rings. The van der Waals surface area contributed by atoms with Crippen molar-refractivity contribution in [2.24, 2.45) is 5.92 Å². The molecule has 2 heteroatoms. The lowest BCUT2D eigenvalue weighted by molar-refractivity contribution is 0.00371. The molecular weight excluding hydrogens is 246 g/mol. The summed E-state index contributed by atoms with van der Waals surface area (Å²) in [7, 11) is 0. The van der Waals surface area contributed by atoms with Crippen LogP contribution in [0.1, 0.15) is 60.3 Å². The summed E-state index contributed by atoms with van der Waals surface area (Å²) in [6.45, 7) is 15.9. The largest absolute Gasteiger partial charge is 0.391 e. The van der Waals surface area contributed by atoms with E-state index in [-0.39, 0.29) is 17.7 Å². The lowest BCUT2D eigenvalue weighted by Crippen LogP contribution is -2.52. The number of aliphatic hydroxyl groups is 1. The third-order valence-corrected chi connectivity index (χ3v) is 4.68. The molecule has 20 heavy (non-hydrogen) atoms. The Bertz CT molecular complexity index is 343. The highest BCUT2D eigenvalue weighted by atomic mass is 16.3. The average Bonchev–Trinajstić information content (AvgIpc) is 2.86. The maximum absolute atomic E-state index is 10.5. The van der Waals surface area contributed by atoms with Crippen molar-refractivity contribution >= 4 is 0 Å². The van der Waals surface area contributed by atoms with E-state index in [9.17, 15) is 5.11 Å². The summed E-state index contributed by atoms with van der Waals surface area (Å²) < 4.78 is 0. The number of likely N-dealkylation sites (tertiary alicyclic amines) is 1. The molecule has 0 radical (unpaired) electrons. The van der Waals surface area contributed by atoms with Crippen molar-refractivity contribution in [2.45, 2.75) is 78.0 Å². The second-order valence-electron chi connectivity index (χ2n) is 7.02. The number of hydrogen-bond acceptors (Lipinski definition) is 2. The van der Waals surface area contributed by atoms with Crippen LogP contribution in [0.25, 0.3) is 0 Å². The predicted octanol–water partition coefficient (Wildman–Crippen LogP) is 4.16. The molecule has 0 saturated carbocycles. The van der Waals surface area contributed by atoms with Gasteiger partial charge >= 0.3 is 0 Å². The van der Waals surface area contributed by atoms with Gasteiger partial charge in [0.05, 0.1) is 6.10 Å². The third kappa shape index (κ3) is 4.20. The van der Waals surface area contributed by atoms with Crippen LogP contribution >= 0.6 is 0 Å². The second kappa shape index (κ2) is 7.42. The van der Waals surface area contributed by atoms with E-state index in [4.69, 9.17) is 0 Å². The van der Waals surface area contributed by atoms with E-state index in [0.29, 0.717) is 5.92 Å².